The van der Waals surface area contributed by atoms with Crippen LogP contribution in [-0.2, 0) is 0 Å². The average Bonchev–Trinajstić information content (AvgIpc) is 2.82. The molecule has 0 saturated heterocycles. The lowest BCUT2D eigenvalue weighted by Crippen LogP contribution is -2.13. The largest absolute Gasteiger partial charge is 0.457 e. The van der Waals surface area contributed by atoms with E-state index in [4.69, 9.17) is 4.74 Å². The van der Waals surface area contributed by atoms with Crippen LogP contribution in [0.25, 0.3) is 21.5 Å². The minimum absolute atomic E-state index is 0.122. The van der Waals surface area contributed by atoms with Crippen LogP contribution in [0.3, 0.4) is 0 Å². The molecule has 1 aliphatic rings. The van der Waals surface area contributed by atoms with E-state index in [9.17, 15) is 0 Å². The molecule has 5 aromatic carbocycles. The molecule has 0 amide bonds. The fraction of sp³-hybridized carbons (Fsp3) is 0.0714. The quantitative estimate of drug-likeness (QED) is 0.270. The average molecular weight is 405 g/mol. The van der Waals surface area contributed by atoms with Gasteiger partial charge >= 0.3 is 0 Å². The summed E-state index contributed by atoms with van der Waals surface area (Å²) < 4.78 is 6.49. The van der Waals surface area contributed by atoms with Gasteiger partial charge in [0.2, 0.25) is 0 Å². The molecule has 0 N–H and O–H groups in total. The summed E-state index contributed by atoms with van der Waals surface area (Å²) in [6, 6.07) is 34.8. The Bertz CT molecular complexity index is 1320. The van der Waals surface area contributed by atoms with Crippen molar-refractivity contribution in [2.24, 2.45) is 0 Å². The molecule has 0 bridgehead atoms. The summed E-state index contributed by atoms with van der Waals surface area (Å²) in [4.78, 5) is 1.28. The summed E-state index contributed by atoms with van der Waals surface area (Å²) in [7, 11) is 0. The number of fused-ring (bicyclic) bond motifs is 6. The fourth-order valence-corrected chi connectivity index (χ4v) is 5.13. The van der Waals surface area contributed by atoms with Crippen LogP contribution in [0.5, 0.6) is 11.5 Å². The van der Waals surface area contributed by atoms with Gasteiger partial charge in [0.15, 0.2) is 0 Å². The number of ether oxygens (including phenoxy) is 1. The van der Waals surface area contributed by atoms with Gasteiger partial charge < -0.3 is 4.74 Å². The highest BCUT2D eigenvalue weighted by molar-refractivity contribution is 7.98. The highest BCUT2D eigenvalue weighted by Gasteiger charge is 2.31. The summed E-state index contributed by atoms with van der Waals surface area (Å²) in [5.41, 5.74) is 3.81. The van der Waals surface area contributed by atoms with Gasteiger partial charge in [-0.15, -0.1) is 11.8 Å². The maximum absolute atomic E-state index is 6.49. The number of hydrogen-bond donors (Lipinski definition) is 0. The first-order chi connectivity index (χ1) is 14.8. The summed E-state index contributed by atoms with van der Waals surface area (Å²) in [5.74, 6) is 2.03. The van der Waals surface area contributed by atoms with E-state index in [-0.39, 0.29) is 5.92 Å². The minimum Gasteiger partial charge on any atom is -0.457 e. The van der Waals surface area contributed by atoms with Crippen molar-refractivity contribution in [3.63, 3.8) is 0 Å². The Morgan fingerprint density at radius 3 is 1.67 bits per heavy atom. The van der Waals surface area contributed by atoms with Crippen LogP contribution in [0, 0.1) is 0 Å². The number of hydrogen-bond acceptors (Lipinski definition) is 2. The van der Waals surface area contributed by atoms with Gasteiger partial charge in [0.1, 0.15) is 11.5 Å². The van der Waals surface area contributed by atoms with Crippen molar-refractivity contribution in [1.82, 2.24) is 0 Å². The second-order valence-electron chi connectivity index (χ2n) is 7.71. The standard InChI is InChI=1S/C28H20OS/c1-30-21-14-10-20(11-15-21)26-27-22-8-4-2-6-18(22)12-16-24(27)29-25-17-13-19-7-3-5-9-23(19)28(25)26/h2-17,26H,1H3. The van der Waals surface area contributed by atoms with Crippen molar-refractivity contribution in [2.75, 3.05) is 6.26 Å². The molecule has 0 spiro atoms. The molecule has 6 rings (SSSR count). The Morgan fingerprint density at radius 2 is 1.13 bits per heavy atom. The number of rotatable bonds is 2. The van der Waals surface area contributed by atoms with Crippen LogP contribution in [0.15, 0.2) is 102 Å². The van der Waals surface area contributed by atoms with Crippen LogP contribution >= 0.6 is 11.8 Å². The molecule has 2 heteroatoms. The molecule has 0 unspecified atom stereocenters. The first-order valence-electron chi connectivity index (χ1n) is 10.2. The summed E-state index contributed by atoms with van der Waals surface area (Å²) >= 11 is 1.78. The molecule has 0 saturated carbocycles. The molecule has 144 valence electrons. The van der Waals surface area contributed by atoms with Crippen LogP contribution in [0.2, 0.25) is 0 Å². The molecule has 0 aromatic heterocycles. The Morgan fingerprint density at radius 1 is 0.600 bits per heavy atom. The van der Waals surface area contributed by atoms with Crippen molar-refractivity contribution in [3.8, 4) is 11.5 Å². The van der Waals surface area contributed by atoms with Gasteiger partial charge in [0.25, 0.3) is 0 Å². The van der Waals surface area contributed by atoms with Crippen LogP contribution < -0.4 is 4.74 Å². The van der Waals surface area contributed by atoms with Gasteiger partial charge in [0, 0.05) is 21.9 Å². The zero-order chi connectivity index (χ0) is 20.1. The van der Waals surface area contributed by atoms with Crippen LogP contribution in [0.4, 0.5) is 0 Å². The Balaban J connectivity index is 1.72. The van der Waals surface area contributed by atoms with E-state index in [0.717, 1.165) is 11.5 Å². The number of thioether (sulfide) groups is 1. The van der Waals surface area contributed by atoms with Crippen molar-refractivity contribution in [3.05, 3.63) is 114 Å². The molecule has 0 atom stereocenters. The highest BCUT2D eigenvalue weighted by Crippen LogP contribution is 2.52. The molecule has 0 aliphatic carbocycles. The molecule has 1 aliphatic heterocycles. The van der Waals surface area contributed by atoms with Gasteiger partial charge in [-0.2, -0.15) is 0 Å². The minimum atomic E-state index is 0.122. The Kier molecular flexibility index (Phi) is 4.07. The van der Waals surface area contributed by atoms with Gasteiger partial charge in [-0.3, -0.25) is 0 Å². The third kappa shape index (κ3) is 2.64. The van der Waals surface area contributed by atoms with E-state index in [0.29, 0.717) is 0 Å². The Labute approximate surface area is 180 Å². The van der Waals surface area contributed by atoms with E-state index in [1.165, 1.54) is 43.1 Å². The van der Waals surface area contributed by atoms with Crippen molar-refractivity contribution in [2.45, 2.75) is 10.8 Å². The Hall–Kier alpha value is -3.23. The third-order valence-electron chi connectivity index (χ3n) is 6.11. The van der Waals surface area contributed by atoms with E-state index in [2.05, 4.69) is 103 Å². The highest BCUT2D eigenvalue weighted by atomic mass is 32.2. The first-order valence-corrected chi connectivity index (χ1v) is 11.4. The van der Waals surface area contributed by atoms with E-state index in [1.807, 2.05) is 0 Å². The zero-order valence-electron chi connectivity index (χ0n) is 16.6. The summed E-state index contributed by atoms with van der Waals surface area (Å²) in [6.45, 7) is 0. The predicted octanol–water partition coefficient (Wildman–Crippen LogP) is 8.00. The van der Waals surface area contributed by atoms with E-state index in [1.54, 1.807) is 11.8 Å². The van der Waals surface area contributed by atoms with Gasteiger partial charge in [-0.05, 0) is 57.6 Å². The second-order valence-corrected chi connectivity index (χ2v) is 8.58. The van der Waals surface area contributed by atoms with Crippen molar-refractivity contribution >= 4 is 33.3 Å². The lowest BCUT2D eigenvalue weighted by molar-refractivity contribution is 0.456. The van der Waals surface area contributed by atoms with Gasteiger partial charge in [-0.1, -0.05) is 72.8 Å². The van der Waals surface area contributed by atoms with Crippen molar-refractivity contribution < 1.29 is 4.74 Å². The molecule has 5 aromatic rings. The topological polar surface area (TPSA) is 9.23 Å². The van der Waals surface area contributed by atoms with Crippen LogP contribution in [0.1, 0.15) is 22.6 Å². The van der Waals surface area contributed by atoms with Crippen LogP contribution in [-0.4, -0.2) is 6.26 Å². The first kappa shape index (κ1) is 17.6. The smallest absolute Gasteiger partial charge is 0.132 e. The number of benzene rings is 5. The zero-order valence-corrected chi connectivity index (χ0v) is 17.4. The van der Waals surface area contributed by atoms with E-state index < -0.39 is 0 Å². The van der Waals surface area contributed by atoms with E-state index >= 15 is 0 Å². The monoisotopic (exact) mass is 404 g/mol. The normalized spacial score (nSPS) is 13.1. The SMILES string of the molecule is CSc1ccc(C2c3c(ccc4ccccc34)Oc3ccc4ccccc4c32)cc1. The molecule has 30 heavy (non-hydrogen) atoms. The molecule has 1 nitrogen and oxygen atoms in total. The van der Waals surface area contributed by atoms with Gasteiger partial charge in [0.05, 0.1) is 0 Å². The molecular formula is C28H20OS. The summed E-state index contributed by atoms with van der Waals surface area (Å²) in [5, 5.41) is 5.00. The van der Waals surface area contributed by atoms with Crippen molar-refractivity contribution in [1.29, 1.82) is 0 Å². The molecule has 0 radical (unpaired) electrons. The van der Waals surface area contributed by atoms with Gasteiger partial charge in [-0.25, -0.2) is 0 Å². The lowest BCUT2D eigenvalue weighted by Gasteiger charge is -2.31. The molecule has 1 heterocycles. The predicted molar refractivity (Wildman–Crippen MR) is 127 cm³/mol. The maximum Gasteiger partial charge on any atom is 0.132 e. The summed E-state index contributed by atoms with van der Waals surface area (Å²) in [6.07, 6.45) is 2.12. The molecule has 0 fully saturated rings. The fourth-order valence-electron chi connectivity index (χ4n) is 4.72. The lowest BCUT2D eigenvalue weighted by atomic mass is 9.78. The second kappa shape index (κ2) is 6.93. The third-order valence-corrected chi connectivity index (χ3v) is 6.85. The molecular weight excluding hydrogens is 384 g/mol. The maximum atomic E-state index is 6.49.